The highest BCUT2D eigenvalue weighted by atomic mass is 32.2. The number of rotatable bonds is 11. The van der Waals surface area contributed by atoms with E-state index in [1.807, 2.05) is 54.4 Å². The second-order valence-electron chi connectivity index (χ2n) is 8.82. The number of sulfonamides is 1. The first-order valence-electron chi connectivity index (χ1n) is 12.2. The Morgan fingerprint density at radius 2 is 1.49 bits per heavy atom. The number of hydrogen-bond donors (Lipinski definition) is 1. The second-order valence-corrected chi connectivity index (χ2v) is 10.5. The summed E-state index contributed by atoms with van der Waals surface area (Å²) in [6.07, 6.45) is 2.45. The van der Waals surface area contributed by atoms with Crippen LogP contribution in [0.15, 0.2) is 90.0 Å². The van der Waals surface area contributed by atoms with Crippen molar-refractivity contribution in [3.05, 3.63) is 107 Å². The molecule has 1 N–H and O–H groups in total. The van der Waals surface area contributed by atoms with Crippen molar-refractivity contribution in [2.75, 3.05) is 32.7 Å². The molecule has 202 valence electrons. The van der Waals surface area contributed by atoms with Crippen molar-refractivity contribution in [1.82, 2.24) is 14.7 Å². The van der Waals surface area contributed by atoms with E-state index in [-0.39, 0.29) is 16.9 Å². The van der Waals surface area contributed by atoms with Gasteiger partial charge in [0, 0.05) is 26.2 Å². The van der Waals surface area contributed by atoms with E-state index in [4.69, 9.17) is 9.47 Å². The number of nitrogens with zero attached hydrogens (tertiary/aromatic N) is 3. The standard InChI is InChI=1S/C29H30N4O5S/c1-33(18-17-21-7-5-4-6-8-21)29-30-20-26(27(31-29)19-22-9-11-23(37-2)12-10-22)28(34)32-39(35,36)25-15-13-24(38-3)14-16-25/h4-16,20H,17-19H2,1-3H3,(H,32,34). The van der Waals surface area contributed by atoms with E-state index in [2.05, 4.69) is 26.8 Å². The lowest BCUT2D eigenvalue weighted by molar-refractivity contribution is 0.0980. The number of benzene rings is 3. The van der Waals surface area contributed by atoms with Crippen molar-refractivity contribution in [3.63, 3.8) is 0 Å². The van der Waals surface area contributed by atoms with Crippen LogP contribution in [0.3, 0.4) is 0 Å². The van der Waals surface area contributed by atoms with E-state index < -0.39 is 15.9 Å². The van der Waals surface area contributed by atoms with Gasteiger partial charge in [0.15, 0.2) is 0 Å². The first-order chi connectivity index (χ1) is 18.8. The quantitative estimate of drug-likeness (QED) is 0.302. The molecule has 0 fully saturated rings. The van der Waals surface area contributed by atoms with E-state index in [1.54, 1.807) is 7.11 Å². The van der Waals surface area contributed by atoms with Crippen LogP contribution in [-0.4, -0.2) is 52.1 Å². The third-order valence-electron chi connectivity index (χ3n) is 6.15. The average Bonchev–Trinajstić information content (AvgIpc) is 2.96. The predicted molar refractivity (Wildman–Crippen MR) is 149 cm³/mol. The Balaban J connectivity index is 1.60. The van der Waals surface area contributed by atoms with Crippen LogP contribution in [0.1, 0.15) is 27.2 Å². The lowest BCUT2D eigenvalue weighted by Crippen LogP contribution is -2.32. The molecule has 1 aromatic heterocycles. The van der Waals surface area contributed by atoms with Gasteiger partial charge >= 0.3 is 0 Å². The van der Waals surface area contributed by atoms with Gasteiger partial charge in [-0.2, -0.15) is 0 Å². The summed E-state index contributed by atoms with van der Waals surface area (Å²) in [5.41, 5.74) is 2.53. The molecule has 1 heterocycles. The van der Waals surface area contributed by atoms with Crippen molar-refractivity contribution < 1.29 is 22.7 Å². The molecule has 4 rings (SSSR count). The van der Waals surface area contributed by atoms with Crippen molar-refractivity contribution in [2.45, 2.75) is 17.7 Å². The summed E-state index contributed by atoms with van der Waals surface area (Å²) in [5, 5.41) is 0. The fraction of sp³-hybridized carbons (Fsp3) is 0.207. The largest absolute Gasteiger partial charge is 0.497 e. The minimum Gasteiger partial charge on any atom is -0.497 e. The predicted octanol–water partition coefficient (Wildman–Crippen LogP) is 3.88. The number of likely N-dealkylation sites (N-methyl/N-ethyl adjacent to an activating group) is 1. The van der Waals surface area contributed by atoms with Crippen LogP contribution in [0.4, 0.5) is 5.95 Å². The number of anilines is 1. The van der Waals surface area contributed by atoms with Gasteiger partial charge in [-0.05, 0) is 53.9 Å². The van der Waals surface area contributed by atoms with Crippen LogP contribution < -0.4 is 19.1 Å². The Morgan fingerprint density at radius 3 is 2.10 bits per heavy atom. The smallest absolute Gasteiger partial charge is 0.268 e. The van der Waals surface area contributed by atoms with E-state index >= 15 is 0 Å². The van der Waals surface area contributed by atoms with Gasteiger partial charge in [-0.25, -0.2) is 23.1 Å². The minimum atomic E-state index is -4.13. The van der Waals surface area contributed by atoms with Crippen LogP contribution >= 0.6 is 0 Å². The molecule has 0 aliphatic carbocycles. The fourth-order valence-corrected chi connectivity index (χ4v) is 4.85. The SMILES string of the molecule is COc1ccc(Cc2nc(N(C)CCc3ccccc3)ncc2C(=O)NS(=O)(=O)c2ccc(OC)cc2)cc1. The summed E-state index contributed by atoms with van der Waals surface area (Å²) in [7, 11) is 0.814. The zero-order valence-corrected chi connectivity index (χ0v) is 22.8. The van der Waals surface area contributed by atoms with E-state index in [9.17, 15) is 13.2 Å². The zero-order valence-electron chi connectivity index (χ0n) is 22.0. The number of nitrogens with one attached hydrogen (secondary N) is 1. The van der Waals surface area contributed by atoms with Gasteiger partial charge in [0.2, 0.25) is 5.95 Å². The van der Waals surface area contributed by atoms with Gasteiger partial charge in [0.05, 0.1) is 30.4 Å². The van der Waals surface area contributed by atoms with E-state index in [0.717, 1.165) is 12.0 Å². The number of hydrogen-bond acceptors (Lipinski definition) is 8. The molecule has 10 heteroatoms. The van der Waals surface area contributed by atoms with Crippen molar-refractivity contribution in [2.24, 2.45) is 0 Å². The molecular weight excluding hydrogens is 516 g/mol. The third-order valence-corrected chi connectivity index (χ3v) is 7.49. The lowest BCUT2D eigenvalue weighted by atomic mass is 10.1. The summed E-state index contributed by atoms with van der Waals surface area (Å²) in [6, 6.07) is 23.2. The number of ether oxygens (including phenoxy) is 2. The van der Waals surface area contributed by atoms with Gasteiger partial charge in [-0.3, -0.25) is 4.79 Å². The molecule has 4 aromatic rings. The Hall–Kier alpha value is -4.44. The molecule has 3 aromatic carbocycles. The Labute approximate surface area is 228 Å². The molecule has 0 aliphatic heterocycles. The monoisotopic (exact) mass is 546 g/mol. The van der Waals surface area contributed by atoms with E-state index in [0.29, 0.717) is 29.7 Å². The van der Waals surface area contributed by atoms with Crippen LogP contribution in [-0.2, 0) is 22.9 Å². The van der Waals surface area contributed by atoms with Crippen molar-refractivity contribution in [1.29, 1.82) is 0 Å². The molecular formula is C29H30N4O5S. The van der Waals surface area contributed by atoms with Gasteiger partial charge in [0.25, 0.3) is 15.9 Å². The maximum absolute atomic E-state index is 13.2. The summed E-state index contributed by atoms with van der Waals surface area (Å²) in [4.78, 5) is 24.1. The fourth-order valence-electron chi connectivity index (χ4n) is 3.88. The molecule has 9 nitrogen and oxygen atoms in total. The maximum Gasteiger partial charge on any atom is 0.268 e. The molecule has 0 saturated carbocycles. The number of aromatic nitrogens is 2. The molecule has 0 radical (unpaired) electrons. The van der Waals surface area contributed by atoms with Crippen molar-refractivity contribution in [3.8, 4) is 11.5 Å². The highest BCUT2D eigenvalue weighted by Crippen LogP contribution is 2.20. The number of carbonyl (C=O) groups excluding carboxylic acids is 1. The normalized spacial score (nSPS) is 11.1. The zero-order chi connectivity index (χ0) is 27.8. The summed E-state index contributed by atoms with van der Waals surface area (Å²) in [6.45, 7) is 0.656. The highest BCUT2D eigenvalue weighted by Gasteiger charge is 2.23. The molecule has 0 bridgehead atoms. The topological polar surface area (TPSA) is 111 Å². The van der Waals surface area contributed by atoms with Gasteiger partial charge in [0.1, 0.15) is 11.5 Å². The van der Waals surface area contributed by atoms with Crippen LogP contribution in [0.5, 0.6) is 11.5 Å². The van der Waals surface area contributed by atoms with Gasteiger partial charge < -0.3 is 14.4 Å². The summed E-state index contributed by atoms with van der Waals surface area (Å²) >= 11 is 0. The van der Waals surface area contributed by atoms with Gasteiger partial charge in [-0.1, -0.05) is 42.5 Å². The number of methoxy groups -OCH3 is 2. The Kier molecular flexibility index (Phi) is 8.77. The van der Waals surface area contributed by atoms with Crippen LogP contribution in [0.2, 0.25) is 0 Å². The molecule has 0 spiro atoms. The molecule has 0 saturated heterocycles. The highest BCUT2D eigenvalue weighted by molar-refractivity contribution is 7.90. The summed E-state index contributed by atoms with van der Waals surface area (Å²) in [5.74, 6) is 0.825. The number of amides is 1. The molecule has 0 aliphatic rings. The average molecular weight is 547 g/mol. The van der Waals surface area contributed by atoms with Crippen LogP contribution in [0, 0.1) is 0 Å². The number of carbonyl (C=O) groups is 1. The Bertz CT molecular complexity index is 1510. The Morgan fingerprint density at radius 1 is 0.872 bits per heavy atom. The first-order valence-corrected chi connectivity index (χ1v) is 13.7. The van der Waals surface area contributed by atoms with Crippen LogP contribution in [0.25, 0.3) is 0 Å². The lowest BCUT2D eigenvalue weighted by Gasteiger charge is -2.19. The molecule has 1 amide bonds. The van der Waals surface area contributed by atoms with Gasteiger partial charge in [-0.15, -0.1) is 0 Å². The minimum absolute atomic E-state index is 0.0634. The third kappa shape index (κ3) is 7.11. The first kappa shape index (κ1) is 27.6. The maximum atomic E-state index is 13.2. The molecule has 0 atom stereocenters. The van der Waals surface area contributed by atoms with E-state index in [1.165, 1.54) is 43.1 Å². The van der Waals surface area contributed by atoms with Crippen molar-refractivity contribution >= 4 is 21.9 Å². The summed E-state index contributed by atoms with van der Waals surface area (Å²) < 4.78 is 38.3. The second kappa shape index (κ2) is 12.4. The molecule has 39 heavy (non-hydrogen) atoms. The molecule has 0 unspecified atom stereocenters.